The Morgan fingerprint density at radius 2 is 2.05 bits per heavy atom. The first-order chi connectivity index (χ1) is 10.2. The van der Waals surface area contributed by atoms with Crippen LogP contribution in [0.1, 0.15) is 37.7 Å². The number of amides is 1. The molecule has 0 spiro atoms. The van der Waals surface area contributed by atoms with Crippen LogP contribution >= 0.6 is 0 Å². The Labute approximate surface area is 124 Å². The normalized spacial score (nSPS) is 19.3. The van der Waals surface area contributed by atoms with Crippen molar-refractivity contribution in [2.75, 3.05) is 13.3 Å². The lowest BCUT2D eigenvalue weighted by molar-refractivity contribution is -0.132. The summed E-state index contributed by atoms with van der Waals surface area (Å²) in [4.78, 5) is 12.6. The first-order valence-corrected chi connectivity index (χ1v) is 7.61. The zero-order chi connectivity index (χ0) is 14.7. The summed E-state index contributed by atoms with van der Waals surface area (Å²) in [6.45, 7) is 1.12. The van der Waals surface area contributed by atoms with Gasteiger partial charge in [0, 0.05) is 18.7 Å². The minimum absolute atomic E-state index is 0.0706. The Hall–Kier alpha value is -1.75. The van der Waals surface area contributed by atoms with Gasteiger partial charge in [-0.15, -0.1) is 0 Å². The third-order valence-corrected chi connectivity index (χ3v) is 4.60. The number of hydrogen-bond acceptors (Lipinski definition) is 4. The Kier molecular flexibility index (Phi) is 4.01. The molecule has 1 saturated carbocycles. The topological polar surface area (TPSA) is 73.6 Å². The minimum Gasteiger partial charge on any atom is -0.454 e. The monoisotopic (exact) mass is 290 g/mol. The SMILES string of the molecule is NCC1(C(=O)NCc2cccc3c2OCO3)CCCCC1. The number of hydrogen-bond donors (Lipinski definition) is 2. The summed E-state index contributed by atoms with van der Waals surface area (Å²) >= 11 is 0. The molecule has 0 bridgehead atoms. The van der Waals surface area contributed by atoms with Crippen LogP contribution in [0, 0.1) is 5.41 Å². The van der Waals surface area contributed by atoms with E-state index in [0.717, 1.165) is 42.7 Å². The number of rotatable bonds is 4. The van der Waals surface area contributed by atoms with E-state index < -0.39 is 0 Å². The molecule has 1 aromatic carbocycles. The standard InChI is InChI=1S/C16H22N2O3/c17-10-16(7-2-1-3-8-16)15(19)18-9-12-5-4-6-13-14(12)21-11-20-13/h4-6H,1-3,7-11,17H2,(H,18,19). The average molecular weight is 290 g/mol. The lowest BCUT2D eigenvalue weighted by Crippen LogP contribution is -2.46. The highest BCUT2D eigenvalue weighted by atomic mass is 16.7. The molecule has 2 aliphatic rings. The zero-order valence-corrected chi connectivity index (χ0v) is 12.2. The van der Waals surface area contributed by atoms with E-state index in [9.17, 15) is 4.79 Å². The predicted octanol–water partition coefficient (Wildman–Crippen LogP) is 1.94. The van der Waals surface area contributed by atoms with Crippen molar-refractivity contribution in [3.8, 4) is 11.5 Å². The second-order valence-corrected chi connectivity index (χ2v) is 5.88. The van der Waals surface area contributed by atoms with Gasteiger partial charge in [0.25, 0.3) is 0 Å². The van der Waals surface area contributed by atoms with Crippen LogP contribution in [0.25, 0.3) is 0 Å². The lowest BCUT2D eigenvalue weighted by atomic mass is 9.73. The highest BCUT2D eigenvalue weighted by Gasteiger charge is 2.38. The average Bonchev–Trinajstić information content (AvgIpc) is 3.02. The van der Waals surface area contributed by atoms with E-state index in [0.29, 0.717) is 13.1 Å². The zero-order valence-electron chi connectivity index (χ0n) is 12.2. The number of fused-ring (bicyclic) bond motifs is 1. The molecular formula is C16H22N2O3. The van der Waals surface area contributed by atoms with Gasteiger partial charge >= 0.3 is 0 Å². The summed E-state index contributed by atoms with van der Waals surface area (Å²) in [5.74, 6) is 1.55. The first kappa shape index (κ1) is 14.2. The van der Waals surface area contributed by atoms with Gasteiger partial charge in [0.05, 0.1) is 5.41 Å². The number of nitrogens with two attached hydrogens (primary N) is 1. The van der Waals surface area contributed by atoms with Crippen LogP contribution in [0.2, 0.25) is 0 Å². The predicted molar refractivity (Wildman–Crippen MR) is 79.0 cm³/mol. The number of ether oxygens (including phenoxy) is 2. The molecule has 5 heteroatoms. The van der Waals surface area contributed by atoms with Crippen molar-refractivity contribution in [1.82, 2.24) is 5.32 Å². The van der Waals surface area contributed by atoms with E-state index in [2.05, 4.69) is 5.32 Å². The number of carbonyl (C=O) groups is 1. The summed E-state index contributed by atoms with van der Waals surface area (Å²) in [7, 11) is 0. The van der Waals surface area contributed by atoms with Gasteiger partial charge in [-0.1, -0.05) is 31.4 Å². The van der Waals surface area contributed by atoms with Gasteiger partial charge in [0.1, 0.15) is 0 Å². The van der Waals surface area contributed by atoms with Crippen LogP contribution in [0.15, 0.2) is 18.2 Å². The molecule has 114 valence electrons. The Bertz CT molecular complexity index is 524. The van der Waals surface area contributed by atoms with Crippen LogP contribution in [0.4, 0.5) is 0 Å². The maximum Gasteiger partial charge on any atom is 0.231 e. The van der Waals surface area contributed by atoms with Gasteiger partial charge in [0.15, 0.2) is 11.5 Å². The maximum absolute atomic E-state index is 12.6. The number of nitrogens with one attached hydrogen (secondary N) is 1. The molecule has 0 radical (unpaired) electrons. The van der Waals surface area contributed by atoms with Crippen LogP contribution in [-0.2, 0) is 11.3 Å². The number of carbonyl (C=O) groups excluding carboxylic acids is 1. The second-order valence-electron chi connectivity index (χ2n) is 5.88. The van der Waals surface area contributed by atoms with Gasteiger partial charge in [-0.3, -0.25) is 4.79 Å². The van der Waals surface area contributed by atoms with Crippen LogP contribution in [0.3, 0.4) is 0 Å². The molecule has 1 aliphatic heterocycles. The molecule has 1 fully saturated rings. The van der Waals surface area contributed by atoms with E-state index >= 15 is 0 Å². The van der Waals surface area contributed by atoms with Crippen molar-refractivity contribution in [2.24, 2.45) is 11.1 Å². The number of benzene rings is 1. The molecule has 21 heavy (non-hydrogen) atoms. The Morgan fingerprint density at radius 3 is 2.81 bits per heavy atom. The van der Waals surface area contributed by atoms with E-state index in [-0.39, 0.29) is 18.1 Å². The molecule has 1 aliphatic carbocycles. The third-order valence-electron chi connectivity index (χ3n) is 4.60. The Morgan fingerprint density at radius 1 is 1.24 bits per heavy atom. The molecule has 0 unspecified atom stereocenters. The molecule has 1 amide bonds. The van der Waals surface area contributed by atoms with Crippen molar-refractivity contribution in [2.45, 2.75) is 38.6 Å². The summed E-state index contributed by atoms with van der Waals surface area (Å²) in [6.07, 6.45) is 5.15. The fraction of sp³-hybridized carbons (Fsp3) is 0.562. The molecule has 0 aromatic heterocycles. The molecule has 0 saturated heterocycles. The second kappa shape index (κ2) is 5.93. The molecule has 1 heterocycles. The lowest BCUT2D eigenvalue weighted by Gasteiger charge is -2.34. The summed E-state index contributed by atoms with van der Waals surface area (Å²) < 4.78 is 10.8. The molecule has 3 N–H and O–H groups in total. The molecule has 5 nitrogen and oxygen atoms in total. The quantitative estimate of drug-likeness (QED) is 0.889. The summed E-state index contributed by atoms with van der Waals surface area (Å²) in [5.41, 5.74) is 6.46. The van der Waals surface area contributed by atoms with Gasteiger partial charge in [-0.25, -0.2) is 0 Å². The molecule has 0 atom stereocenters. The van der Waals surface area contributed by atoms with Crippen LogP contribution in [-0.4, -0.2) is 19.2 Å². The molecule has 1 aromatic rings. The van der Waals surface area contributed by atoms with Crippen molar-refractivity contribution in [3.63, 3.8) is 0 Å². The third kappa shape index (κ3) is 2.70. The van der Waals surface area contributed by atoms with Gasteiger partial charge in [-0.05, 0) is 18.9 Å². The molecular weight excluding hydrogens is 268 g/mol. The van der Waals surface area contributed by atoms with Crippen LogP contribution in [0.5, 0.6) is 11.5 Å². The first-order valence-electron chi connectivity index (χ1n) is 7.61. The van der Waals surface area contributed by atoms with Gasteiger partial charge in [0.2, 0.25) is 12.7 Å². The highest BCUT2D eigenvalue weighted by Crippen LogP contribution is 2.37. The van der Waals surface area contributed by atoms with E-state index in [1.807, 2.05) is 18.2 Å². The van der Waals surface area contributed by atoms with E-state index in [1.165, 1.54) is 6.42 Å². The Balaban J connectivity index is 1.67. The van der Waals surface area contributed by atoms with Crippen molar-refractivity contribution in [1.29, 1.82) is 0 Å². The smallest absolute Gasteiger partial charge is 0.231 e. The van der Waals surface area contributed by atoms with Crippen molar-refractivity contribution < 1.29 is 14.3 Å². The van der Waals surface area contributed by atoms with Crippen molar-refractivity contribution in [3.05, 3.63) is 23.8 Å². The maximum atomic E-state index is 12.6. The van der Waals surface area contributed by atoms with Gasteiger partial charge < -0.3 is 20.5 Å². The fourth-order valence-corrected chi connectivity index (χ4v) is 3.25. The minimum atomic E-state index is -0.381. The largest absolute Gasteiger partial charge is 0.454 e. The van der Waals surface area contributed by atoms with Crippen molar-refractivity contribution >= 4 is 5.91 Å². The molecule has 3 rings (SSSR count). The summed E-state index contributed by atoms with van der Waals surface area (Å²) in [5, 5.41) is 3.04. The van der Waals surface area contributed by atoms with Crippen LogP contribution < -0.4 is 20.5 Å². The highest BCUT2D eigenvalue weighted by molar-refractivity contribution is 5.83. The van der Waals surface area contributed by atoms with E-state index in [1.54, 1.807) is 0 Å². The summed E-state index contributed by atoms with van der Waals surface area (Å²) in [6, 6.07) is 5.73. The number of para-hydroxylation sites is 1. The van der Waals surface area contributed by atoms with E-state index in [4.69, 9.17) is 15.2 Å². The van der Waals surface area contributed by atoms with Gasteiger partial charge in [-0.2, -0.15) is 0 Å². The fourth-order valence-electron chi connectivity index (χ4n) is 3.25.